The van der Waals surface area contributed by atoms with Crippen LogP contribution in [0.1, 0.15) is 34.3 Å². The van der Waals surface area contributed by atoms with Crippen LogP contribution in [0.3, 0.4) is 0 Å². The topological polar surface area (TPSA) is 101 Å². The van der Waals surface area contributed by atoms with Crippen molar-refractivity contribution in [3.8, 4) is 0 Å². The SMILES string of the molecule is CCCc1nnc(NC(=O)c2ccc(S(=O)(=O)Nc3ccccc3C)cc2)s1. The lowest BCUT2D eigenvalue weighted by atomic mass is 10.2. The van der Waals surface area contributed by atoms with E-state index in [9.17, 15) is 13.2 Å². The van der Waals surface area contributed by atoms with E-state index in [1.54, 1.807) is 12.1 Å². The Morgan fingerprint density at radius 1 is 1.07 bits per heavy atom. The first-order chi connectivity index (χ1) is 13.4. The van der Waals surface area contributed by atoms with E-state index in [1.165, 1.54) is 35.6 Å². The van der Waals surface area contributed by atoms with E-state index in [-0.39, 0.29) is 10.8 Å². The Hall–Kier alpha value is -2.78. The third-order valence-corrected chi connectivity index (χ3v) is 6.25. The van der Waals surface area contributed by atoms with Gasteiger partial charge in [-0.05, 0) is 49.2 Å². The molecule has 0 aliphatic carbocycles. The largest absolute Gasteiger partial charge is 0.296 e. The summed E-state index contributed by atoms with van der Waals surface area (Å²) in [5.41, 5.74) is 1.67. The van der Waals surface area contributed by atoms with Gasteiger partial charge in [0, 0.05) is 12.0 Å². The predicted octanol–water partition coefficient (Wildman–Crippen LogP) is 3.85. The molecular formula is C19H20N4O3S2. The summed E-state index contributed by atoms with van der Waals surface area (Å²) >= 11 is 1.33. The number of carbonyl (C=O) groups excluding carboxylic acids is 1. The molecule has 3 aromatic rings. The minimum atomic E-state index is -3.74. The van der Waals surface area contributed by atoms with Gasteiger partial charge in [0.15, 0.2) is 0 Å². The highest BCUT2D eigenvalue weighted by Crippen LogP contribution is 2.21. The van der Waals surface area contributed by atoms with Gasteiger partial charge in [0.25, 0.3) is 15.9 Å². The average molecular weight is 417 g/mol. The van der Waals surface area contributed by atoms with Gasteiger partial charge in [-0.2, -0.15) is 0 Å². The number of amides is 1. The molecule has 28 heavy (non-hydrogen) atoms. The molecule has 0 fully saturated rings. The molecule has 1 amide bonds. The van der Waals surface area contributed by atoms with Crippen LogP contribution in [-0.2, 0) is 16.4 Å². The standard InChI is InChI=1S/C19H20N4O3S2/c1-3-6-17-21-22-19(27-17)20-18(24)14-9-11-15(12-10-14)28(25,26)23-16-8-5-4-7-13(16)2/h4-5,7-12,23H,3,6H2,1-2H3,(H,20,22,24). The smallest absolute Gasteiger partial charge is 0.261 e. The van der Waals surface area contributed by atoms with Crippen molar-refractivity contribution in [3.63, 3.8) is 0 Å². The molecule has 146 valence electrons. The molecule has 0 bridgehead atoms. The van der Waals surface area contributed by atoms with Crippen LogP contribution in [0.15, 0.2) is 53.4 Å². The fourth-order valence-electron chi connectivity index (χ4n) is 2.46. The van der Waals surface area contributed by atoms with Gasteiger partial charge in [0.1, 0.15) is 5.01 Å². The third kappa shape index (κ3) is 4.73. The second-order valence-electron chi connectivity index (χ2n) is 6.15. The van der Waals surface area contributed by atoms with Crippen molar-refractivity contribution in [2.75, 3.05) is 10.0 Å². The second-order valence-corrected chi connectivity index (χ2v) is 8.89. The van der Waals surface area contributed by atoms with Crippen LogP contribution < -0.4 is 10.0 Å². The Labute approximate surface area is 167 Å². The van der Waals surface area contributed by atoms with Crippen LogP contribution in [0.4, 0.5) is 10.8 Å². The van der Waals surface area contributed by atoms with E-state index in [2.05, 4.69) is 20.2 Å². The second kappa shape index (κ2) is 8.49. The zero-order valence-electron chi connectivity index (χ0n) is 15.5. The highest BCUT2D eigenvalue weighted by molar-refractivity contribution is 7.92. The van der Waals surface area contributed by atoms with Crippen molar-refractivity contribution in [2.45, 2.75) is 31.6 Å². The fraction of sp³-hybridized carbons (Fsp3) is 0.211. The maximum absolute atomic E-state index is 12.6. The first kappa shape index (κ1) is 20.0. The fourth-order valence-corrected chi connectivity index (χ4v) is 4.43. The van der Waals surface area contributed by atoms with E-state index in [0.29, 0.717) is 16.4 Å². The monoisotopic (exact) mass is 416 g/mol. The number of nitrogens with one attached hydrogen (secondary N) is 2. The summed E-state index contributed by atoms with van der Waals surface area (Å²) in [5.74, 6) is -0.366. The van der Waals surface area contributed by atoms with Gasteiger partial charge in [-0.1, -0.05) is 36.5 Å². The predicted molar refractivity (Wildman–Crippen MR) is 110 cm³/mol. The number of hydrogen-bond acceptors (Lipinski definition) is 6. The van der Waals surface area contributed by atoms with E-state index >= 15 is 0 Å². The van der Waals surface area contributed by atoms with Crippen LogP contribution in [0.5, 0.6) is 0 Å². The first-order valence-corrected chi connectivity index (χ1v) is 11.0. The van der Waals surface area contributed by atoms with Crippen LogP contribution in [0, 0.1) is 6.92 Å². The summed E-state index contributed by atoms with van der Waals surface area (Å²) in [7, 11) is -3.74. The normalized spacial score (nSPS) is 11.2. The molecule has 9 heteroatoms. The number of rotatable bonds is 7. The number of anilines is 2. The van der Waals surface area contributed by atoms with E-state index in [0.717, 1.165) is 23.4 Å². The molecule has 0 aliphatic heterocycles. The Balaban J connectivity index is 1.71. The zero-order chi connectivity index (χ0) is 20.1. The Kier molecular flexibility index (Phi) is 6.05. The highest BCUT2D eigenvalue weighted by atomic mass is 32.2. The summed E-state index contributed by atoms with van der Waals surface area (Å²) in [4.78, 5) is 12.4. The van der Waals surface area contributed by atoms with E-state index < -0.39 is 10.0 Å². The Morgan fingerprint density at radius 2 is 1.79 bits per heavy atom. The first-order valence-electron chi connectivity index (χ1n) is 8.71. The van der Waals surface area contributed by atoms with Crippen molar-refractivity contribution in [1.82, 2.24) is 10.2 Å². The number of carbonyl (C=O) groups is 1. The summed E-state index contributed by atoms with van der Waals surface area (Å²) < 4.78 is 27.7. The maximum atomic E-state index is 12.6. The molecule has 1 aromatic heterocycles. The number of nitrogens with zero attached hydrogens (tertiary/aromatic N) is 2. The summed E-state index contributed by atoms with van der Waals surface area (Å²) in [5, 5.41) is 11.9. The van der Waals surface area contributed by atoms with E-state index in [1.807, 2.05) is 26.0 Å². The third-order valence-electron chi connectivity index (χ3n) is 3.97. The average Bonchev–Trinajstić information content (AvgIpc) is 3.11. The van der Waals surface area contributed by atoms with Crippen molar-refractivity contribution < 1.29 is 13.2 Å². The molecule has 1 heterocycles. The molecule has 2 N–H and O–H groups in total. The quantitative estimate of drug-likeness (QED) is 0.609. The van der Waals surface area contributed by atoms with Gasteiger partial charge in [-0.3, -0.25) is 14.8 Å². The number of hydrogen-bond donors (Lipinski definition) is 2. The molecule has 0 saturated heterocycles. The summed E-state index contributed by atoms with van der Waals surface area (Å²) in [6, 6.07) is 12.9. The summed E-state index contributed by atoms with van der Waals surface area (Å²) in [6.45, 7) is 3.87. The van der Waals surface area contributed by atoms with Crippen LogP contribution in [-0.4, -0.2) is 24.5 Å². The van der Waals surface area contributed by atoms with Crippen molar-refractivity contribution in [1.29, 1.82) is 0 Å². The lowest BCUT2D eigenvalue weighted by Gasteiger charge is -2.10. The van der Waals surface area contributed by atoms with Crippen LogP contribution >= 0.6 is 11.3 Å². The molecule has 0 radical (unpaired) electrons. The van der Waals surface area contributed by atoms with Gasteiger partial charge >= 0.3 is 0 Å². The van der Waals surface area contributed by atoms with Crippen molar-refractivity contribution >= 4 is 38.1 Å². The van der Waals surface area contributed by atoms with Crippen molar-refractivity contribution in [3.05, 3.63) is 64.7 Å². The molecule has 3 rings (SSSR count). The van der Waals surface area contributed by atoms with E-state index in [4.69, 9.17) is 0 Å². The zero-order valence-corrected chi connectivity index (χ0v) is 17.1. The molecule has 0 spiro atoms. The van der Waals surface area contributed by atoms with Gasteiger partial charge in [0.05, 0.1) is 10.6 Å². The molecule has 7 nitrogen and oxygen atoms in total. The minimum Gasteiger partial charge on any atom is -0.296 e. The molecule has 0 aliphatic rings. The number of aryl methyl sites for hydroxylation is 2. The van der Waals surface area contributed by atoms with Gasteiger partial charge in [0.2, 0.25) is 5.13 Å². The van der Waals surface area contributed by atoms with Gasteiger partial charge in [-0.25, -0.2) is 8.42 Å². The maximum Gasteiger partial charge on any atom is 0.261 e. The Bertz CT molecular complexity index is 1080. The van der Waals surface area contributed by atoms with Gasteiger partial charge in [-0.15, -0.1) is 10.2 Å². The lowest BCUT2D eigenvalue weighted by Crippen LogP contribution is -2.15. The number of sulfonamides is 1. The number of aromatic nitrogens is 2. The highest BCUT2D eigenvalue weighted by Gasteiger charge is 2.16. The number of para-hydroxylation sites is 1. The molecular weight excluding hydrogens is 396 g/mol. The molecule has 0 unspecified atom stereocenters. The van der Waals surface area contributed by atoms with Crippen molar-refractivity contribution in [2.24, 2.45) is 0 Å². The Morgan fingerprint density at radius 3 is 2.46 bits per heavy atom. The van der Waals surface area contributed by atoms with Crippen LogP contribution in [0.2, 0.25) is 0 Å². The molecule has 0 atom stereocenters. The van der Waals surface area contributed by atoms with Gasteiger partial charge < -0.3 is 0 Å². The lowest BCUT2D eigenvalue weighted by molar-refractivity contribution is 0.102. The van der Waals surface area contributed by atoms with Crippen LogP contribution in [0.25, 0.3) is 0 Å². The molecule has 0 saturated carbocycles. The molecule has 2 aromatic carbocycles. The number of benzene rings is 2. The minimum absolute atomic E-state index is 0.0773. The summed E-state index contributed by atoms with van der Waals surface area (Å²) in [6.07, 6.45) is 1.77.